The highest BCUT2D eigenvalue weighted by Gasteiger charge is 2.15. The number of hydrogen-bond donors (Lipinski definition) is 1. The molecular formula is C31H26F2N2O4. The number of carbonyl (C=O) groups excluding carboxylic acids is 1. The van der Waals surface area contributed by atoms with Crippen LogP contribution in [-0.2, 0) is 11.3 Å². The molecule has 0 spiro atoms. The molecule has 0 radical (unpaired) electrons. The van der Waals surface area contributed by atoms with Gasteiger partial charge < -0.3 is 19.2 Å². The Labute approximate surface area is 224 Å². The molecule has 1 N–H and O–H groups in total. The second kappa shape index (κ2) is 11.8. The van der Waals surface area contributed by atoms with Gasteiger partial charge in [0, 0.05) is 16.5 Å². The van der Waals surface area contributed by atoms with Gasteiger partial charge in [0.25, 0.3) is 0 Å². The second-order valence-corrected chi connectivity index (χ2v) is 8.94. The molecule has 5 rings (SSSR count). The van der Waals surface area contributed by atoms with Crippen LogP contribution in [0, 0.1) is 11.6 Å². The molecule has 5 aromatic rings. The lowest BCUT2D eigenvalue weighted by Crippen LogP contribution is -2.23. The summed E-state index contributed by atoms with van der Waals surface area (Å²) >= 11 is 0. The predicted molar refractivity (Wildman–Crippen MR) is 144 cm³/mol. The Bertz CT molecular complexity index is 1560. The maximum atomic E-state index is 13.6. The number of ether oxygens (including phenoxy) is 2. The molecule has 0 aliphatic heterocycles. The van der Waals surface area contributed by atoms with Gasteiger partial charge in [-0.1, -0.05) is 25.5 Å². The molecule has 0 aliphatic carbocycles. The normalized spacial score (nSPS) is 10.9. The Balaban J connectivity index is 1.43. The van der Waals surface area contributed by atoms with Crippen molar-refractivity contribution in [1.82, 2.24) is 10.3 Å². The Morgan fingerprint density at radius 1 is 0.897 bits per heavy atom. The summed E-state index contributed by atoms with van der Waals surface area (Å²) in [4.78, 5) is 16.5. The zero-order valence-corrected chi connectivity index (χ0v) is 21.2. The number of rotatable bonds is 9. The van der Waals surface area contributed by atoms with Crippen LogP contribution < -0.4 is 10.1 Å². The van der Waals surface area contributed by atoms with E-state index in [4.69, 9.17) is 13.9 Å². The lowest BCUT2D eigenvalue weighted by molar-refractivity contribution is 0.143. The van der Waals surface area contributed by atoms with Gasteiger partial charge in [0.1, 0.15) is 34.5 Å². The molecule has 0 atom stereocenters. The summed E-state index contributed by atoms with van der Waals surface area (Å²) in [6.07, 6.45) is 2.82. The van der Waals surface area contributed by atoms with Gasteiger partial charge in [-0.3, -0.25) is 4.98 Å². The first-order valence-corrected chi connectivity index (χ1v) is 12.6. The third-order valence-corrected chi connectivity index (χ3v) is 6.04. The van der Waals surface area contributed by atoms with Crippen molar-refractivity contribution in [3.63, 3.8) is 0 Å². The number of pyridine rings is 1. The van der Waals surface area contributed by atoms with E-state index in [2.05, 4.69) is 10.3 Å². The first-order chi connectivity index (χ1) is 19.0. The molecule has 1 amide bonds. The van der Waals surface area contributed by atoms with Crippen LogP contribution in [0.1, 0.15) is 25.5 Å². The van der Waals surface area contributed by atoms with Crippen LogP contribution in [0.2, 0.25) is 0 Å². The molecule has 0 bridgehead atoms. The van der Waals surface area contributed by atoms with E-state index in [1.54, 1.807) is 36.5 Å². The Hall–Kier alpha value is -4.72. The van der Waals surface area contributed by atoms with Crippen molar-refractivity contribution >= 4 is 17.1 Å². The summed E-state index contributed by atoms with van der Waals surface area (Å²) in [7, 11) is 0. The number of aromatic nitrogens is 1. The third kappa shape index (κ3) is 6.41. The monoisotopic (exact) mass is 528 g/mol. The molecule has 8 heteroatoms. The molecule has 0 unspecified atom stereocenters. The third-order valence-electron chi connectivity index (χ3n) is 6.04. The quantitative estimate of drug-likeness (QED) is 0.195. The predicted octanol–water partition coefficient (Wildman–Crippen LogP) is 8.26. The van der Waals surface area contributed by atoms with Crippen molar-refractivity contribution in [2.45, 2.75) is 26.3 Å². The van der Waals surface area contributed by atoms with Gasteiger partial charge in [-0.15, -0.1) is 0 Å². The summed E-state index contributed by atoms with van der Waals surface area (Å²) < 4.78 is 43.8. The molecule has 39 heavy (non-hydrogen) atoms. The van der Waals surface area contributed by atoms with Crippen LogP contribution in [0.15, 0.2) is 89.5 Å². The van der Waals surface area contributed by atoms with Gasteiger partial charge >= 0.3 is 6.09 Å². The smallest absolute Gasteiger partial charge is 0.407 e. The van der Waals surface area contributed by atoms with E-state index in [1.165, 1.54) is 24.3 Å². The first kappa shape index (κ1) is 25.9. The zero-order chi connectivity index (χ0) is 27.2. The van der Waals surface area contributed by atoms with Crippen molar-refractivity contribution in [3.8, 4) is 33.9 Å². The van der Waals surface area contributed by atoms with Gasteiger partial charge in [-0.25, -0.2) is 13.6 Å². The molecule has 0 aliphatic rings. The largest absolute Gasteiger partial charge is 0.459 e. The average molecular weight is 529 g/mol. The van der Waals surface area contributed by atoms with Gasteiger partial charge in [0.15, 0.2) is 0 Å². The second-order valence-electron chi connectivity index (χ2n) is 8.94. The maximum absolute atomic E-state index is 13.6. The lowest BCUT2D eigenvalue weighted by atomic mass is 9.98. The molecular weight excluding hydrogens is 502 g/mol. The zero-order valence-electron chi connectivity index (χ0n) is 21.2. The van der Waals surface area contributed by atoms with Gasteiger partial charge in [0.05, 0.1) is 25.0 Å². The first-order valence-electron chi connectivity index (χ1n) is 12.6. The van der Waals surface area contributed by atoms with E-state index >= 15 is 0 Å². The summed E-state index contributed by atoms with van der Waals surface area (Å²) in [5.41, 5.74) is 3.64. The molecule has 3 aromatic carbocycles. The van der Waals surface area contributed by atoms with Crippen LogP contribution in [0.4, 0.5) is 13.6 Å². The van der Waals surface area contributed by atoms with Gasteiger partial charge in [-0.2, -0.15) is 0 Å². The number of furan rings is 1. The topological polar surface area (TPSA) is 73.6 Å². The van der Waals surface area contributed by atoms with Crippen molar-refractivity contribution in [2.24, 2.45) is 0 Å². The minimum Gasteiger partial charge on any atom is -0.459 e. The standard InChI is InChI=1S/C31H26F2N2O4/c1-2-3-14-37-31(36)35-19-27-16-22-15-21(17-28(30(22)39-27)20-4-6-23(32)7-5-20)29-13-12-26(18-34-29)38-25-10-8-24(33)9-11-25/h4-13,15-18H,2-3,14,19H2,1H3,(H,35,36). The molecule has 0 fully saturated rings. The minimum atomic E-state index is -0.504. The average Bonchev–Trinajstić information content (AvgIpc) is 3.37. The van der Waals surface area contributed by atoms with Crippen molar-refractivity contribution in [1.29, 1.82) is 0 Å². The Morgan fingerprint density at radius 3 is 2.31 bits per heavy atom. The maximum Gasteiger partial charge on any atom is 0.407 e. The number of fused-ring (bicyclic) bond motifs is 1. The van der Waals surface area contributed by atoms with Crippen LogP contribution in [0.5, 0.6) is 11.5 Å². The van der Waals surface area contributed by atoms with Crippen LogP contribution in [0.3, 0.4) is 0 Å². The van der Waals surface area contributed by atoms with Crippen LogP contribution >= 0.6 is 0 Å². The van der Waals surface area contributed by atoms with E-state index in [0.29, 0.717) is 35.1 Å². The Kier molecular flexibility index (Phi) is 7.82. The summed E-state index contributed by atoms with van der Waals surface area (Å²) in [6.45, 7) is 2.54. The fourth-order valence-electron chi connectivity index (χ4n) is 4.05. The highest BCUT2D eigenvalue weighted by Crippen LogP contribution is 2.36. The number of nitrogens with one attached hydrogen (secondary N) is 1. The van der Waals surface area contributed by atoms with Crippen molar-refractivity contribution < 1.29 is 27.5 Å². The number of amides is 1. The summed E-state index contributed by atoms with van der Waals surface area (Å²) in [5.74, 6) is 0.880. The fourth-order valence-corrected chi connectivity index (χ4v) is 4.05. The van der Waals surface area contributed by atoms with Crippen molar-refractivity contribution in [3.05, 3.63) is 102 Å². The van der Waals surface area contributed by atoms with Gasteiger partial charge in [-0.05, 0) is 78.7 Å². The molecule has 0 saturated carbocycles. The summed E-state index contributed by atoms with van der Waals surface area (Å²) in [6, 6.07) is 21.2. The number of benzene rings is 3. The van der Waals surface area contributed by atoms with Gasteiger partial charge in [0.2, 0.25) is 0 Å². The number of carbonyl (C=O) groups is 1. The molecule has 6 nitrogen and oxygen atoms in total. The molecule has 2 heterocycles. The van der Waals surface area contributed by atoms with Crippen LogP contribution in [-0.4, -0.2) is 17.7 Å². The minimum absolute atomic E-state index is 0.158. The SMILES string of the molecule is CCCCOC(=O)NCc1cc2cc(-c3ccc(Oc4ccc(F)cc4)cn3)cc(-c3ccc(F)cc3)c2o1. The van der Waals surface area contributed by atoms with E-state index < -0.39 is 6.09 Å². The number of nitrogens with zero attached hydrogens (tertiary/aromatic N) is 1. The highest BCUT2D eigenvalue weighted by molar-refractivity contribution is 5.96. The van der Waals surface area contributed by atoms with E-state index in [0.717, 1.165) is 34.9 Å². The molecule has 2 aromatic heterocycles. The van der Waals surface area contributed by atoms with Crippen LogP contribution in [0.25, 0.3) is 33.4 Å². The number of unbranched alkanes of at least 4 members (excludes halogenated alkanes) is 1. The van der Waals surface area contributed by atoms with E-state index in [-0.39, 0.29) is 18.2 Å². The number of hydrogen-bond acceptors (Lipinski definition) is 5. The number of alkyl carbamates (subject to hydrolysis) is 1. The highest BCUT2D eigenvalue weighted by atomic mass is 19.1. The van der Waals surface area contributed by atoms with E-state index in [9.17, 15) is 13.6 Å². The lowest BCUT2D eigenvalue weighted by Gasteiger charge is -2.09. The van der Waals surface area contributed by atoms with Crippen molar-refractivity contribution in [2.75, 3.05) is 6.61 Å². The Morgan fingerprint density at radius 2 is 1.62 bits per heavy atom. The fraction of sp³-hybridized carbons (Fsp3) is 0.161. The summed E-state index contributed by atoms with van der Waals surface area (Å²) in [5, 5.41) is 3.51. The molecule has 0 saturated heterocycles. The number of halogens is 2. The molecule has 198 valence electrons. The van der Waals surface area contributed by atoms with E-state index in [1.807, 2.05) is 31.2 Å².